The number of carbonyl (C=O) groups is 3. The first kappa shape index (κ1) is 21.6. The van der Waals surface area contributed by atoms with Crippen molar-refractivity contribution in [3.8, 4) is 5.75 Å². The lowest BCUT2D eigenvalue weighted by molar-refractivity contribution is -0.137. The zero-order chi connectivity index (χ0) is 23.9. The summed E-state index contributed by atoms with van der Waals surface area (Å²) < 4.78 is 5.51. The third-order valence-corrected chi connectivity index (χ3v) is 8.57. The van der Waals surface area contributed by atoms with Crippen LogP contribution in [0.3, 0.4) is 0 Å². The first-order valence-corrected chi connectivity index (χ1v) is 12.2. The van der Waals surface area contributed by atoms with E-state index in [1.54, 1.807) is 17.0 Å². The molecule has 3 saturated heterocycles. The van der Waals surface area contributed by atoms with Crippen LogP contribution in [0.1, 0.15) is 30.9 Å². The number of para-hydroxylation sites is 1. The van der Waals surface area contributed by atoms with E-state index in [0.717, 1.165) is 29.7 Å². The summed E-state index contributed by atoms with van der Waals surface area (Å²) >= 11 is 6.29. The molecule has 176 valence electrons. The topological polar surface area (TPSA) is 70.2 Å². The van der Waals surface area contributed by atoms with Crippen molar-refractivity contribution >= 4 is 40.7 Å². The molecule has 8 heteroatoms. The fraction of sp³-hybridized carbons (Fsp3) is 0.423. The van der Waals surface area contributed by atoms with Crippen molar-refractivity contribution in [2.24, 2.45) is 11.8 Å². The van der Waals surface area contributed by atoms with Crippen LogP contribution >= 0.6 is 11.6 Å². The summed E-state index contributed by atoms with van der Waals surface area (Å²) in [5.74, 6) is -1.70. The highest BCUT2D eigenvalue weighted by Gasteiger charge is 2.75. The molecule has 0 aliphatic carbocycles. The molecule has 0 saturated carbocycles. The van der Waals surface area contributed by atoms with Crippen LogP contribution in [0.15, 0.2) is 36.4 Å². The van der Waals surface area contributed by atoms with Gasteiger partial charge in [0.1, 0.15) is 11.3 Å². The van der Waals surface area contributed by atoms with Crippen molar-refractivity contribution in [3.63, 3.8) is 0 Å². The maximum atomic E-state index is 14.2. The lowest BCUT2D eigenvalue weighted by Crippen LogP contribution is -2.56. The van der Waals surface area contributed by atoms with Crippen molar-refractivity contribution < 1.29 is 19.1 Å². The average Bonchev–Trinajstić information content (AvgIpc) is 3.53. The SMILES string of the molecule is CCN1C(=O)[C@]2(c3ccccc31)[C@@H]1C(=O)N(c3cc(C)c(Cl)cc3OC)C(=O)[C@H]1[C@@H]1CCCN12. The number of imide groups is 1. The molecule has 0 unspecified atom stereocenters. The van der Waals surface area contributed by atoms with Crippen LogP contribution in [0.2, 0.25) is 5.02 Å². The second kappa shape index (κ2) is 7.30. The van der Waals surface area contributed by atoms with E-state index in [-0.39, 0.29) is 23.8 Å². The number of fused-ring (bicyclic) bond motifs is 7. The standard InChI is InChI=1S/C26H26ClN3O4/c1-4-28-17-9-6-5-8-15(17)26(25(28)33)22-21(18-10-7-11-29(18)26)23(31)30(24(22)32)19-12-14(2)16(27)13-20(19)34-3/h5-6,8-9,12-13,18,21-22H,4,7,10-11H2,1-3H3/t18-,21-,22-,26-/m0/s1. The van der Waals surface area contributed by atoms with Gasteiger partial charge >= 0.3 is 0 Å². The summed E-state index contributed by atoms with van der Waals surface area (Å²) in [5, 5.41) is 0.497. The molecule has 6 rings (SSSR count). The van der Waals surface area contributed by atoms with Crippen molar-refractivity contribution in [2.45, 2.75) is 38.3 Å². The number of hydrogen-bond donors (Lipinski definition) is 0. The van der Waals surface area contributed by atoms with Crippen molar-refractivity contribution in [1.82, 2.24) is 4.90 Å². The number of aryl methyl sites for hydroxylation is 1. The maximum absolute atomic E-state index is 14.2. The molecule has 4 atom stereocenters. The molecule has 0 radical (unpaired) electrons. The van der Waals surface area contributed by atoms with Gasteiger partial charge in [-0.05, 0) is 50.9 Å². The fourth-order valence-electron chi connectivity index (χ4n) is 6.88. The first-order valence-electron chi connectivity index (χ1n) is 11.8. The van der Waals surface area contributed by atoms with E-state index in [9.17, 15) is 14.4 Å². The van der Waals surface area contributed by atoms with Gasteiger partial charge in [0.25, 0.3) is 5.91 Å². The van der Waals surface area contributed by atoms with Crippen LogP contribution in [-0.4, -0.2) is 48.9 Å². The number of rotatable bonds is 3. The minimum atomic E-state index is -1.16. The van der Waals surface area contributed by atoms with Gasteiger partial charge in [-0.2, -0.15) is 0 Å². The quantitative estimate of drug-likeness (QED) is 0.630. The molecule has 7 nitrogen and oxygen atoms in total. The van der Waals surface area contributed by atoms with Gasteiger partial charge in [-0.15, -0.1) is 0 Å². The average molecular weight is 480 g/mol. The number of amides is 3. The van der Waals surface area contributed by atoms with E-state index in [2.05, 4.69) is 4.90 Å². The molecular formula is C26H26ClN3O4. The predicted molar refractivity (Wildman–Crippen MR) is 128 cm³/mol. The van der Waals surface area contributed by atoms with Crippen molar-refractivity contribution in [3.05, 3.63) is 52.5 Å². The summed E-state index contributed by atoms with van der Waals surface area (Å²) in [6.07, 6.45) is 1.68. The normalized spacial score (nSPS) is 29.9. The summed E-state index contributed by atoms with van der Waals surface area (Å²) in [7, 11) is 1.49. The van der Waals surface area contributed by atoms with Gasteiger partial charge in [-0.1, -0.05) is 29.8 Å². The number of ether oxygens (including phenoxy) is 1. The van der Waals surface area contributed by atoms with Gasteiger partial charge < -0.3 is 9.64 Å². The molecule has 4 aliphatic heterocycles. The second-order valence-corrected chi connectivity index (χ2v) is 9.93. The third kappa shape index (κ3) is 2.39. The van der Waals surface area contributed by atoms with Crippen LogP contribution in [0.25, 0.3) is 0 Å². The van der Waals surface area contributed by atoms with Gasteiger partial charge in [0.15, 0.2) is 0 Å². The predicted octanol–water partition coefficient (Wildman–Crippen LogP) is 3.50. The van der Waals surface area contributed by atoms with E-state index < -0.39 is 17.4 Å². The van der Waals surface area contributed by atoms with E-state index >= 15 is 0 Å². The van der Waals surface area contributed by atoms with Crippen LogP contribution in [0, 0.1) is 18.8 Å². The van der Waals surface area contributed by atoms with Gasteiger partial charge in [0, 0.05) is 34.9 Å². The van der Waals surface area contributed by atoms with Crippen LogP contribution in [-0.2, 0) is 19.9 Å². The first-order chi connectivity index (χ1) is 16.4. The van der Waals surface area contributed by atoms with Gasteiger partial charge in [-0.3, -0.25) is 19.3 Å². The van der Waals surface area contributed by atoms with Gasteiger partial charge in [0.2, 0.25) is 11.8 Å². The molecule has 4 heterocycles. The van der Waals surface area contributed by atoms with Gasteiger partial charge in [0.05, 0.1) is 24.6 Å². The largest absolute Gasteiger partial charge is 0.495 e. The highest BCUT2D eigenvalue weighted by atomic mass is 35.5. The lowest BCUT2D eigenvalue weighted by Gasteiger charge is -2.37. The van der Waals surface area contributed by atoms with E-state index in [0.29, 0.717) is 29.5 Å². The molecule has 1 spiro atoms. The van der Waals surface area contributed by atoms with Crippen LogP contribution in [0.4, 0.5) is 11.4 Å². The Balaban J connectivity index is 1.57. The van der Waals surface area contributed by atoms with Crippen LogP contribution in [0.5, 0.6) is 5.75 Å². The van der Waals surface area contributed by atoms with Crippen LogP contribution < -0.4 is 14.5 Å². The molecule has 2 aromatic carbocycles. The Labute approximate surface area is 203 Å². The zero-order valence-corrected chi connectivity index (χ0v) is 20.1. The Morgan fingerprint density at radius 2 is 1.88 bits per heavy atom. The molecule has 0 bridgehead atoms. The molecular weight excluding hydrogens is 454 g/mol. The third-order valence-electron chi connectivity index (χ3n) is 8.16. The molecule has 3 fully saturated rings. The van der Waals surface area contributed by atoms with E-state index in [4.69, 9.17) is 16.3 Å². The summed E-state index contributed by atoms with van der Waals surface area (Å²) in [6.45, 7) is 4.97. The Hall–Kier alpha value is -2.90. The highest BCUT2D eigenvalue weighted by molar-refractivity contribution is 6.32. The van der Waals surface area contributed by atoms with E-state index in [1.165, 1.54) is 12.0 Å². The fourth-order valence-corrected chi connectivity index (χ4v) is 7.03. The number of halogens is 1. The smallest absolute Gasteiger partial charge is 0.253 e. The number of methoxy groups -OCH3 is 1. The molecule has 3 amide bonds. The summed E-state index contributed by atoms with van der Waals surface area (Å²) in [6, 6.07) is 10.9. The Kier molecular flexibility index (Phi) is 4.64. The summed E-state index contributed by atoms with van der Waals surface area (Å²) in [4.78, 5) is 47.6. The van der Waals surface area contributed by atoms with Crippen molar-refractivity contribution in [1.29, 1.82) is 0 Å². The van der Waals surface area contributed by atoms with Crippen molar-refractivity contribution in [2.75, 3.05) is 30.0 Å². The van der Waals surface area contributed by atoms with E-state index in [1.807, 2.05) is 38.1 Å². The number of nitrogens with zero attached hydrogens (tertiary/aromatic N) is 3. The highest BCUT2D eigenvalue weighted by Crippen LogP contribution is 2.62. The maximum Gasteiger partial charge on any atom is 0.253 e. The summed E-state index contributed by atoms with van der Waals surface area (Å²) in [5.41, 5.74) is 1.64. The lowest BCUT2D eigenvalue weighted by atomic mass is 9.75. The number of likely N-dealkylation sites (N-methyl/N-ethyl adjacent to an activating group) is 1. The minimum absolute atomic E-state index is 0.0992. The molecule has 0 aromatic heterocycles. The number of anilines is 2. The Bertz CT molecular complexity index is 1260. The Morgan fingerprint density at radius 3 is 2.62 bits per heavy atom. The molecule has 0 N–H and O–H groups in total. The number of hydrogen-bond acceptors (Lipinski definition) is 5. The Morgan fingerprint density at radius 1 is 1.12 bits per heavy atom. The minimum Gasteiger partial charge on any atom is -0.495 e. The molecule has 2 aromatic rings. The molecule has 34 heavy (non-hydrogen) atoms. The zero-order valence-electron chi connectivity index (χ0n) is 19.4. The number of carbonyl (C=O) groups excluding carboxylic acids is 3. The number of benzene rings is 2. The monoisotopic (exact) mass is 479 g/mol. The molecule has 4 aliphatic rings. The second-order valence-electron chi connectivity index (χ2n) is 9.52. The van der Waals surface area contributed by atoms with Gasteiger partial charge in [-0.25, -0.2) is 4.90 Å².